The molecule has 0 bridgehead atoms. The van der Waals surface area contributed by atoms with Crippen molar-refractivity contribution in [2.75, 3.05) is 26.8 Å². The number of hydrogen-bond donors (Lipinski definition) is 0. The number of nitrogens with zero attached hydrogens (tertiary/aromatic N) is 3. The van der Waals surface area contributed by atoms with Gasteiger partial charge in [-0.15, -0.1) is 0 Å². The van der Waals surface area contributed by atoms with E-state index >= 15 is 0 Å². The minimum Gasteiger partial charge on any atom is -0.497 e. The lowest BCUT2D eigenvalue weighted by molar-refractivity contribution is -0.138. The second-order valence-electron chi connectivity index (χ2n) is 5.93. The molecule has 2 aromatic heterocycles. The normalized spacial score (nSPS) is 14.1. The lowest BCUT2D eigenvalue weighted by atomic mass is 10.0. The van der Waals surface area contributed by atoms with E-state index in [1.165, 1.54) is 0 Å². The second kappa shape index (κ2) is 7.17. The van der Waals surface area contributed by atoms with Gasteiger partial charge in [-0.2, -0.15) is 16.3 Å². The quantitative estimate of drug-likeness (QED) is 0.663. The van der Waals surface area contributed by atoms with Crippen molar-refractivity contribution >= 4 is 17.2 Å². The molecule has 4 rings (SSSR count). The number of methoxy groups -OCH3 is 1. The average Bonchev–Trinajstić information content (AvgIpc) is 3.30. The molecule has 7 nitrogen and oxygen atoms in total. The van der Waals surface area contributed by atoms with Gasteiger partial charge in [-0.25, -0.2) is 0 Å². The average molecular weight is 371 g/mol. The molecular weight excluding hydrogens is 354 g/mol. The van der Waals surface area contributed by atoms with E-state index in [2.05, 4.69) is 10.1 Å². The summed E-state index contributed by atoms with van der Waals surface area (Å²) >= 11 is 1.59. The highest BCUT2D eigenvalue weighted by Gasteiger charge is 2.35. The molecule has 0 radical (unpaired) electrons. The third kappa shape index (κ3) is 3.41. The van der Waals surface area contributed by atoms with Crippen molar-refractivity contribution in [3.05, 3.63) is 47.0 Å². The standard InChI is InChI=1S/C18H17N3O4S/c1-23-14-2-4-15(5-3-14)24-10-16(22)21-8-13(9-21)18-19-17(20-25-18)12-6-7-26-11-12/h2-7,11,13H,8-10H2,1H3. The van der Waals surface area contributed by atoms with E-state index in [4.69, 9.17) is 14.0 Å². The molecule has 1 saturated heterocycles. The number of carbonyl (C=O) groups is 1. The predicted octanol–water partition coefficient (Wildman–Crippen LogP) is 2.81. The van der Waals surface area contributed by atoms with Crippen LogP contribution in [0.4, 0.5) is 0 Å². The van der Waals surface area contributed by atoms with Crippen LogP contribution in [0.2, 0.25) is 0 Å². The van der Waals surface area contributed by atoms with Crippen LogP contribution in [0.5, 0.6) is 11.5 Å². The minimum atomic E-state index is -0.0605. The highest BCUT2D eigenvalue weighted by molar-refractivity contribution is 7.08. The smallest absolute Gasteiger partial charge is 0.260 e. The zero-order valence-electron chi connectivity index (χ0n) is 14.1. The molecule has 134 valence electrons. The SMILES string of the molecule is COc1ccc(OCC(=O)N2CC(c3nc(-c4ccsc4)no3)C2)cc1. The van der Waals surface area contributed by atoms with Crippen LogP contribution in [0, 0.1) is 0 Å². The predicted molar refractivity (Wildman–Crippen MR) is 95.4 cm³/mol. The van der Waals surface area contributed by atoms with Gasteiger partial charge < -0.3 is 18.9 Å². The minimum absolute atomic E-state index is 0.00301. The molecule has 0 aliphatic carbocycles. The summed E-state index contributed by atoms with van der Waals surface area (Å²) in [5.41, 5.74) is 0.949. The Balaban J connectivity index is 1.27. The van der Waals surface area contributed by atoms with Crippen LogP contribution in [0.1, 0.15) is 11.8 Å². The number of carbonyl (C=O) groups excluding carboxylic acids is 1. The molecule has 0 N–H and O–H groups in total. The van der Waals surface area contributed by atoms with E-state index in [0.717, 1.165) is 11.3 Å². The lowest BCUT2D eigenvalue weighted by Gasteiger charge is -2.36. The van der Waals surface area contributed by atoms with Crippen molar-refractivity contribution in [1.82, 2.24) is 15.0 Å². The Bertz CT molecular complexity index is 870. The van der Waals surface area contributed by atoms with Gasteiger partial charge in [0.2, 0.25) is 11.7 Å². The van der Waals surface area contributed by atoms with E-state index in [0.29, 0.717) is 30.6 Å². The summed E-state index contributed by atoms with van der Waals surface area (Å²) in [5.74, 6) is 2.57. The van der Waals surface area contributed by atoms with Crippen molar-refractivity contribution in [1.29, 1.82) is 0 Å². The molecule has 8 heteroatoms. The molecule has 3 aromatic rings. The first kappa shape index (κ1) is 16.6. The van der Waals surface area contributed by atoms with E-state index in [-0.39, 0.29) is 18.4 Å². The van der Waals surface area contributed by atoms with Gasteiger partial charge in [0.05, 0.1) is 13.0 Å². The summed E-state index contributed by atoms with van der Waals surface area (Å²) < 4.78 is 15.9. The van der Waals surface area contributed by atoms with E-state index in [9.17, 15) is 4.79 Å². The Hall–Kier alpha value is -2.87. The number of aromatic nitrogens is 2. The number of amides is 1. The van der Waals surface area contributed by atoms with Gasteiger partial charge in [0.15, 0.2) is 6.61 Å². The number of thiophene rings is 1. The van der Waals surface area contributed by atoms with Crippen molar-refractivity contribution in [2.45, 2.75) is 5.92 Å². The highest BCUT2D eigenvalue weighted by atomic mass is 32.1. The zero-order chi connectivity index (χ0) is 17.9. The number of likely N-dealkylation sites (tertiary alicyclic amines) is 1. The van der Waals surface area contributed by atoms with Crippen LogP contribution >= 0.6 is 11.3 Å². The molecule has 0 unspecified atom stereocenters. The van der Waals surface area contributed by atoms with Crippen LogP contribution in [0.15, 0.2) is 45.6 Å². The summed E-state index contributed by atoms with van der Waals surface area (Å²) in [6.45, 7) is 1.13. The number of ether oxygens (including phenoxy) is 2. The fraction of sp³-hybridized carbons (Fsp3) is 0.278. The van der Waals surface area contributed by atoms with E-state index in [1.54, 1.807) is 47.6 Å². The maximum Gasteiger partial charge on any atom is 0.260 e. The highest BCUT2D eigenvalue weighted by Crippen LogP contribution is 2.28. The molecule has 0 saturated carbocycles. The molecule has 0 atom stereocenters. The molecule has 1 aliphatic rings. The molecule has 1 aliphatic heterocycles. The summed E-state index contributed by atoms with van der Waals surface area (Å²) in [5, 5.41) is 7.95. The van der Waals surface area contributed by atoms with Crippen LogP contribution in [-0.2, 0) is 4.79 Å². The fourth-order valence-corrected chi connectivity index (χ4v) is 3.29. The topological polar surface area (TPSA) is 77.7 Å². The third-order valence-electron chi connectivity index (χ3n) is 4.23. The summed E-state index contributed by atoms with van der Waals surface area (Å²) in [4.78, 5) is 18.4. The van der Waals surface area contributed by atoms with Crippen LogP contribution in [0.25, 0.3) is 11.4 Å². The molecular formula is C18H17N3O4S. The largest absolute Gasteiger partial charge is 0.497 e. The van der Waals surface area contributed by atoms with Crippen LogP contribution in [0.3, 0.4) is 0 Å². The Morgan fingerprint density at radius 3 is 2.73 bits per heavy atom. The molecule has 1 amide bonds. The summed E-state index contributed by atoms with van der Waals surface area (Å²) in [6, 6.07) is 9.08. The maximum absolute atomic E-state index is 12.2. The molecule has 0 spiro atoms. The Labute approximate surface area is 154 Å². The van der Waals surface area contributed by atoms with Gasteiger partial charge in [0, 0.05) is 24.0 Å². The molecule has 1 fully saturated rings. The first-order valence-electron chi connectivity index (χ1n) is 8.14. The van der Waals surface area contributed by atoms with Crippen LogP contribution < -0.4 is 9.47 Å². The first-order valence-corrected chi connectivity index (χ1v) is 9.08. The van der Waals surface area contributed by atoms with Gasteiger partial charge in [0.1, 0.15) is 11.5 Å². The van der Waals surface area contributed by atoms with Gasteiger partial charge in [-0.1, -0.05) is 5.16 Å². The Morgan fingerprint density at radius 2 is 2.04 bits per heavy atom. The van der Waals surface area contributed by atoms with Crippen LogP contribution in [-0.4, -0.2) is 47.8 Å². The zero-order valence-corrected chi connectivity index (χ0v) is 14.9. The van der Waals surface area contributed by atoms with E-state index < -0.39 is 0 Å². The maximum atomic E-state index is 12.2. The van der Waals surface area contributed by atoms with Crippen molar-refractivity contribution in [3.63, 3.8) is 0 Å². The molecule has 26 heavy (non-hydrogen) atoms. The second-order valence-corrected chi connectivity index (χ2v) is 6.71. The molecule has 3 heterocycles. The molecule has 1 aromatic carbocycles. The Morgan fingerprint density at radius 1 is 1.27 bits per heavy atom. The van der Waals surface area contributed by atoms with Gasteiger partial charge >= 0.3 is 0 Å². The Kier molecular flexibility index (Phi) is 4.57. The van der Waals surface area contributed by atoms with Gasteiger partial charge in [0.25, 0.3) is 5.91 Å². The number of benzene rings is 1. The van der Waals surface area contributed by atoms with E-state index in [1.807, 2.05) is 16.8 Å². The van der Waals surface area contributed by atoms with Crippen molar-refractivity contribution < 1.29 is 18.8 Å². The van der Waals surface area contributed by atoms with Gasteiger partial charge in [-0.3, -0.25) is 4.79 Å². The summed E-state index contributed by atoms with van der Waals surface area (Å²) in [6.07, 6.45) is 0. The first-order chi connectivity index (χ1) is 12.7. The monoisotopic (exact) mass is 371 g/mol. The summed E-state index contributed by atoms with van der Waals surface area (Å²) in [7, 11) is 1.60. The fourth-order valence-electron chi connectivity index (χ4n) is 2.66. The lowest BCUT2D eigenvalue weighted by Crippen LogP contribution is -2.50. The number of rotatable bonds is 6. The van der Waals surface area contributed by atoms with Gasteiger partial charge in [-0.05, 0) is 35.7 Å². The van der Waals surface area contributed by atoms with Crippen molar-refractivity contribution in [2.24, 2.45) is 0 Å². The number of hydrogen-bond acceptors (Lipinski definition) is 7. The third-order valence-corrected chi connectivity index (χ3v) is 4.91. The van der Waals surface area contributed by atoms with Crippen molar-refractivity contribution in [3.8, 4) is 22.9 Å².